The van der Waals surface area contributed by atoms with Crippen LogP contribution in [-0.2, 0) is 11.3 Å². The first kappa shape index (κ1) is 20.2. The Hall–Kier alpha value is -3.08. The maximum absolute atomic E-state index is 12.7. The Morgan fingerprint density at radius 2 is 2.00 bits per heavy atom. The second-order valence-corrected chi connectivity index (χ2v) is 8.79. The van der Waals surface area contributed by atoms with Crippen LogP contribution in [0.3, 0.4) is 0 Å². The molecule has 0 aliphatic carbocycles. The van der Waals surface area contributed by atoms with E-state index in [1.165, 1.54) is 29.6 Å². The molecule has 11 heteroatoms. The standard InChI is InChI=1S/C19H15ClN6O2S2/c1-9(27)23-8-10-6-11(20)16-15(7-10)30-19(25-16)26-17(28)14-3-2-13(29-14)12-4-5-22-18(21)24-12/h2-7H,8H2,1H3,(H,23,27)(H2,21,22,24)(H,25,26,28). The predicted octanol–water partition coefficient (Wildman–Crippen LogP) is 3.94. The first-order valence-electron chi connectivity index (χ1n) is 8.72. The number of rotatable bonds is 5. The van der Waals surface area contributed by atoms with E-state index >= 15 is 0 Å². The normalized spacial score (nSPS) is 10.9. The molecule has 0 fully saturated rings. The third-order valence-electron chi connectivity index (χ3n) is 4.03. The number of anilines is 2. The van der Waals surface area contributed by atoms with Gasteiger partial charge in [-0.3, -0.25) is 14.9 Å². The molecule has 152 valence electrons. The number of aromatic nitrogens is 3. The molecule has 0 unspecified atom stereocenters. The van der Waals surface area contributed by atoms with Crippen LogP contribution >= 0.6 is 34.3 Å². The van der Waals surface area contributed by atoms with Gasteiger partial charge in [-0.1, -0.05) is 22.9 Å². The van der Waals surface area contributed by atoms with Gasteiger partial charge in [-0.2, -0.15) is 0 Å². The minimum absolute atomic E-state index is 0.122. The SMILES string of the molecule is CC(=O)NCc1cc(Cl)c2nc(NC(=O)c3ccc(-c4ccnc(N)n4)s3)sc2c1. The number of nitrogens with zero attached hydrogens (tertiary/aromatic N) is 3. The van der Waals surface area contributed by atoms with Gasteiger partial charge in [0.15, 0.2) is 5.13 Å². The van der Waals surface area contributed by atoms with Crippen molar-refractivity contribution in [2.24, 2.45) is 0 Å². The van der Waals surface area contributed by atoms with Crippen molar-refractivity contribution in [2.75, 3.05) is 11.1 Å². The van der Waals surface area contributed by atoms with Crippen LogP contribution in [0.2, 0.25) is 5.02 Å². The summed E-state index contributed by atoms with van der Waals surface area (Å²) in [6.45, 7) is 1.83. The van der Waals surface area contributed by atoms with Gasteiger partial charge in [-0.05, 0) is 35.9 Å². The summed E-state index contributed by atoms with van der Waals surface area (Å²) in [6.07, 6.45) is 1.57. The molecule has 0 aliphatic rings. The van der Waals surface area contributed by atoms with Crippen molar-refractivity contribution < 1.29 is 9.59 Å². The Labute approximate surface area is 184 Å². The molecule has 3 heterocycles. The van der Waals surface area contributed by atoms with Gasteiger partial charge in [0.25, 0.3) is 5.91 Å². The fourth-order valence-electron chi connectivity index (χ4n) is 2.69. The molecule has 4 rings (SSSR count). The number of amides is 2. The Kier molecular flexibility index (Phi) is 5.62. The molecular formula is C19H15ClN6O2S2. The van der Waals surface area contributed by atoms with Gasteiger partial charge in [0.2, 0.25) is 11.9 Å². The molecule has 4 aromatic rings. The van der Waals surface area contributed by atoms with Crippen molar-refractivity contribution in [1.82, 2.24) is 20.3 Å². The Balaban J connectivity index is 1.53. The van der Waals surface area contributed by atoms with E-state index in [-0.39, 0.29) is 17.8 Å². The summed E-state index contributed by atoms with van der Waals surface area (Å²) in [5.41, 5.74) is 7.74. The molecule has 0 atom stereocenters. The number of hydrogen-bond donors (Lipinski definition) is 3. The number of fused-ring (bicyclic) bond motifs is 1. The van der Waals surface area contributed by atoms with Crippen LogP contribution in [0.5, 0.6) is 0 Å². The summed E-state index contributed by atoms with van der Waals surface area (Å²) in [5, 5.41) is 6.45. The van der Waals surface area contributed by atoms with Crippen LogP contribution in [0.1, 0.15) is 22.2 Å². The zero-order valence-corrected chi connectivity index (χ0v) is 18.0. The van der Waals surface area contributed by atoms with Crippen LogP contribution in [0.25, 0.3) is 20.8 Å². The second-order valence-electron chi connectivity index (χ2n) is 6.27. The number of thiophene rings is 1. The molecule has 1 aromatic carbocycles. The Bertz CT molecular complexity index is 1270. The number of carbonyl (C=O) groups excluding carboxylic acids is 2. The third kappa shape index (κ3) is 4.40. The van der Waals surface area contributed by atoms with Crippen molar-refractivity contribution in [3.05, 3.63) is 52.0 Å². The van der Waals surface area contributed by atoms with E-state index in [1.807, 2.05) is 12.1 Å². The van der Waals surface area contributed by atoms with E-state index in [0.29, 0.717) is 32.8 Å². The summed E-state index contributed by atoms with van der Waals surface area (Å²) in [7, 11) is 0. The summed E-state index contributed by atoms with van der Waals surface area (Å²) in [5.74, 6) is -0.221. The van der Waals surface area contributed by atoms with E-state index in [4.69, 9.17) is 17.3 Å². The smallest absolute Gasteiger partial charge is 0.267 e. The molecule has 3 aromatic heterocycles. The minimum atomic E-state index is -0.276. The quantitative estimate of drug-likeness (QED) is 0.416. The van der Waals surface area contributed by atoms with E-state index in [2.05, 4.69) is 25.6 Å². The molecule has 0 saturated carbocycles. The highest BCUT2D eigenvalue weighted by Gasteiger charge is 2.15. The molecule has 0 aliphatic heterocycles. The third-order valence-corrected chi connectivity index (χ3v) is 6.34. The topological polar surface area (TPSA) is 123 Å². The van der Waals surface area contributed by atoms with Crippen molar-refractivity contribution in [1.29, 1.82) is 0 Å². The number of carbonyl (C=O) groups is 2. The fraction of sp³-hybridized carbons (Fsp3) is 0.105. The zero-order chi connectivity index (χ0) is 21.3. The number of nitrogens with two attached hydrogens (primary N) is 1. The molecule has 30 heavy (non-hydrogen) atoms. The van der Waals surface area contributed by atoms with Gasteiger partial charge in [0, 0.05) is 19.7 Å². The lowest BCUT2D eigenvalue weighted by Crippen LogP contribution is -2.18. The highest BCUT2D eigenvalue weighted by molar-refractivity contribution is 7.22. The van der Waals surface area contributed by atoms with Gasteiger partial charge in [0.1, 0.15) is 5.52 Å². The lowest BCUT2D eigenvalue weighted by Gasteiger charge is -2.03. The Morgan fingerprint density at radius 3 is 2.77 bits per heavy atom. The average Bonchev–Trinajstić information content (AvgIpc) is 3.34. The van der Waals surface area contributed by atoms with Crippen molar-refractivity contribution in [3.8, 4) is 10.6 Å². The van der Waals surface area contributed by atoms with Crippen LogP contribution in [-0.4, -0.2) is 26.8 Å². The first-order chi connectivity index (χ1) is 14.4. The summed E-state index contributed by atoms with van der Waals surface area (Å²) in [4.78, 5) is 37.6. The van der Waals surface area contributed by atoms with Gasteiger partial charge in [-0.25, -0.2) is 15.0 Å². The van der Waals surface area contributed by atoms with Crippen molar-refractivity contribution in [3.63, 3.8) is 0 Å². The molecule has 0 radical (unpaired) electrons. The number of nitrogen functional groups attached to an aromatic ring is 1. The minimum Gasteiger partial charge on any atom is -0.368 e. The maximum Gasteiger partial charge on any atom is 0.267 e. The largest absolute Gasteiger partial charge is 0.368 e. The lowest BCUT2D eigenvalue weighted by atomic mass is 10.2. The number of hydrogen-bond acceptors (Lipinski definition) is 8. The fourth-order valence-corrected chi connectivity index (χ4v) is 4.85. The Morgan fingerprint density at radius 1 is 1.17 bits per heavy atom. The molecule has 0 bridgehead atoms. The molecule has 2 amide bonds. The van der Waals surface area contributed by atoms with Gasteiger partial charge in [0.05, 0.1) is 25.2 Å². The summed E-state index contributed by atoms with van der Waals surface area (Å²) >= 11 is 8.94. The predicted molar refractivity (Wildman–Crippen MR) is 120 cm³/mol. The zero-order valence-electron chi connectivity index (χ0n) is 15.6. The van der Waals surface area contributed by atoms with Crippen LogP contribution in [0, 0.1) is 0 Å². The second kappa shape index (κ2) is 8.34. The number of thiazole rings is 1. The number of nitrogens with one attached hydrogen (secondary N) is 2. The van der Waals surface area contributed by atoms with Crippen molar-refractivity contribution >= 4 is 67.4 Å². The summed E-state index contributed by atoms with van der Waals surface area (Å²) < 4.78 is 0.821. The lowest BCUT2D eigenvalue weighted by molar-refractivity contribution is -0.119. The van der Waals surface area contributed by atoms with E-state index in [1.54, 1.807) is 24.4 Å². The monoisotopic (exact) mass is 458 g/mol. The van der Waals surface area contributed by atoms with Crippen LogP contribution in [0.15, 0.2) is 36.5 Å². The number of halogens is 1. The van der Waals surface area contributed by atoms with E-state index in [0.717, 1.165) is 15.1 Å². The average molecular weight is 459 g/mol. The molecule has 4 N–H and O–H groups in total. The van der Waals surface area contributed by atoms with Gasteiger partial charge < -0.3 is 11.1 Å². The summed E-state index contributed by atoms with van der Waals surface area (Å²) in [6, 6.07) is 8.92. The first-order valence-corrected chi connectivity index (χ1v) is 10.7. The molecule has 0 saturated heterocycles. The molecule has 0 spiro atoms. The van der Waals surface area contributed by atoms with Gasteiger partial charge in [-0.15, -0.1) is 11.3 Å². The van der Waals surface area contributed by atoms with Crippen LogP contribution < -0.4 is 16.4 Å². The van der Waals surface area contributed by atoms with E-state index < -0.39 is 0 Å². The van der Waals surface area contributed by atoms with Crippen molar-refractivity contribution in [2.45, 2.75) is 13.5 Å². The highest BCUT2D eigenvalue weighted by atomic mass is 35.5. The van der Waals surface area contributed by atoms with E-state index in [9.17, 15) is 9.59 Å². The van der Waals surface area contributed by atoms with Crippen LogP contribution in [0.4, 0.5) is 11.1 Å². The number of benzene rings is 1. The highest BCUT2D eigenvalue weighted by Crippen LogP contribution is 2.33. The molecular weight excluding hydrogens is 444 g/mol. The molecule has 8 nitrogen and oxygen atoms in total. The maximum atomic E-state index is 12.7. The van der Waals surface area contributed by atoms with Gasteiger partial charge >= 0.3 is 0 Å².